The average Bonchev–Trinajstić information content (AvgIpc) is 2.75. The maximum Gasteiger partial charge on any atom is 0.244 e. The lowest BCUT2D eigenvalue weighted by Crippen LogP contribution is -2.52. The number of anilines is 1. The molecule has 0 bridgehead atoms. The van der Waals surface area contributed by atoms with Crippen molar-refractivity contribution in [3.8, 4) is 0 Å². The van der Waals surface area contributed by atoms with E-state index in [2.05, 4.69) is 5.32 Å². The van der Waals surface area contributed by atoms with Crippen LogP contribution in [-0.4, -0.2) is 50.5 Å². The number of hydrogen-bond acceptors (Lipinski definition) is 4. The zero-order chi connectivity index (χ0) is 24.6. The van der Waals surface area contributed by atoms with Crippen LogP contribution in [0.2, 0.25) is 0 Å². The smallest absolute Gasteiger partial charge is 0.244 e. The van der Waals surface area contributed by atoms with E-state index in [-0.39, 0.29) is 19.0 Å². The molecule has 0 saturated heterocycles. The van der Waals surface area contributed by atoms with Gasteiger partial charge in [-0.15, -0.1) is 0 Å². The van der Waals surface area contributed by atoms with Crippen molar-refractivity contribution in [2.75, 3.05) is 23.7 Å². The molecule has 33 heavy (non-hydrogen) atoms. The zero-order valence-corrected chi connectivity index (χ0v) is 21.0. The van der Waals surface area contributed by atoms with Crippen molar-refractivity contribution in [1.29, 1.82) is 0 Å². The first kappa shape index (κ1) is 26.4. The number of benzene rings is 2. The lowest BCUT2D eigenvalue weighted by atomic mass is 10.1. The molecule has 180 valence electrons. The summed E-state index contributed by atoms with van der Waals surface area (Å²) in [5.74, 6) is -0.664. The predicted octanol–water partition coefficient (Wildman–Crippen LogP) is 3.40. The summed E-state index contributed by atoms with van der Waals surface area (Å²) in [5, 5.41) is 2.87. The highest BCUT2D eigenvalue weighted by molar-refractivity contribution is 7.92. The molecule has 2 rings (SSSR count). The van der Waals surface area contributed by atoms with Crippen molar-refractivity contribution in [1.82, 2.24) is 10.2 Å². The van der Waals surface area contributed by atoms with Crippen LogP contribution in [0.5, 0.6) is 0 Å². The number of aryl methyl sites for hydroxylation is 2. The minimum Gasteiger partial charge on any atom is -0.354 e. The fraction of sp³-hybridized carbons (Fsp3) is 0.440. The summed E-state index contributed by atoms with van der Waals surface area (Å²) < 4.78 is 26.2. The number of hydrogen-bond donors (Lipinski definition) is 1. The van der Waals surface area contributed by atoms with E-state index in [4.69, 9.17) is 0 Å². The fourth-order valence-corrected chi connectivity index (χ4v) is 4.47. The molecule has 1 atom stereocenters. The third-order valence-electron chi connectivity index (χ3n) is 5.37. The third-order valence-corrected chi connectivity index (χ3v) is 6.51. The van der Waals surface area contributed by atoms with Crippen LogP contribution in [0, 0.1) is 13.8 Å². The van der Waals surface area contributed by atoms with E-state index < -0.39 is 22.0 Å². The summed E-state index contributed by atoms with van der Waals surface area (Å²) in [6.07, 6.45) is 2.27. The van der Waals surface area contributed by atoms with Crippen LogP contribution in [0.1, 0.15) is 43.4 Å². The van der Waals surface area contributed by atoms with Crippen molar-refractivity contribution in [3.05, 3.63) is 65.2 Å². The Balaban J connectivity index is 2.41. The van der Waals surface area contributed by atoms with Crippen LogP contribution < -0.4 is 9.62 Å². The SMILES string of the molecule is CCCNC(=O)C(CC)N(Cc1cccc(C)c1)C(=O)CN(c1ccc(C)cc1)S(C)(=O)=O. The number of carbonyl (C=O) groups excluding carboxylic acids is 2. The minimum absolute atomic E-state index is 0.212. The summed E-state index contributed by atoms with van der Waals surface area (Å²) in [6, 6.07) is 14.0. The predicted molar refractivity (Wildman–Crippen MR) is 132 cm³/mol. The Hall–Kier alpha value is -2.87. The summed E-state index contributed by atoms with van der Waals surface area (Å²) in [6.45, 7) is 8.02. The highest BCUT2D eigenvalue weighted by Gasteiger charge is 2.31. The topological polar surface area (TPSA) is 86.8 Å². The molecule has 2 aromatic rings. The van der Waals surface area contributed by atoms with E-state index >= 15 is 0 Å². The molecule has 2 aromatic carbocycles. The van der Waals surface area contributed by atoms with E-state index in [0.717, 1.165) is 33.7 Å². The van der Waals surface area contributed by atoms with Gasteiger partial charge >= 0.3 is 0 Å². The second-order valence-electron chi connectivity index (χ2n) is 8.33. The molecule has 1 N–H and O–H groups in total. The molecule has 0 saturated carbocycles. The first-order valence-electron chi connectivity index (χ1n) is 11.2. The van der Waals surface area contributed by atoms with Gasteiger partial charge in [0.25, 0.3) is 0 Å². The Morgan fingerprint density at radius 2 is 1.67 bits per heavy atom. The molecule has 0 aromatic heterocycles. The lowest BCUT2D eigenvalue weighted by molar-refractivity contribution is -0.140. The van der Waals surface area contributed by atoms with Crippen molar-refractivity contribution in [2.45, 2.75) is 53.1 Å². The molecule has 0 heterocycles. The Bertz CT molecular complexity index is 1050. The van der Waals surface area contributed by atoms with Gasteiger partial charge in [-0.2, -0.15) is 0 Å². The largest absolute Gasteiger partial charge is 0.354 e. The molecule has 7 nitrogen and oxygen atoms in total. The molecule has 0 aliphatic heterocycles. The molecule has 8 heteroatoms. The van der Waals surface area contributed by atoms with Crippen LogP contribution in [0.25, 0.3) is 0 Å². The van der Waals surface area contributed by atoms with E-state index in [1.165, 1.54) is 4.90 Å². The standard InChI is InChI=1S/C25H35N3O4S/c1-6-15-26-25(30)23(7-2)27(17-21-10-8-9-20(4)16-21)24(29)18-28(33(5,31)32)22-13-11-19(3)12-14-22/h8-14,16,23H,6-7,15,17-18H2,1-5H3,(H,26,30). The van der Waals surface area contributed by atoms with Gasteiger partial charge in [-0.1, -0.05) is 61.4 Å². The highest BCUT2D eigenvalue weighted by atomic mass is 32.2. The molecule has 0 aliphatic carbocycles. The number of amides is 2. The van der Waals surface area contributed by atoms with E-state index in [0.29, 0.717) is 18.7 Å². The van der Waals surface area contributed by atoms with Gasteiger partial charge in [0.05, 0.1) is 11.9 Å². The summed E-state index contributed by atoms with van der Waals surface area (Å²) >= 11 is 0. The zero-order valence-electron chi connectivity index (χ0n) is 20.2. The quantitative estimate of drug-likeness (QED) is 0.542. The van der Waals surface area contributed by atoms with Gasteiger partial charge < -0.3 is 10.2 Å². The van der Waals surface area contributed by atoms with E-state index in [1.54, 1.807) is 24.3 Å². The van der Waals surface area contributed by atoms with Crippen molar-refractivity contribution < 1.29 is 18.0 Å². The second kappa shape index (κ2) is 11.8. The molecule has 0 spiro atoms. The number of nitrogens with zero attached hydrogens (tertiary/aromatic N) is 2. The molecule has 0 aliphatic rings. The molecule has 1 unspecified atom stereocenters. The fourth-order valence-electron chi connectivity index (χ4n) is 3.62. The van der Waals surface area contributed by atoms with Crippen LogP contribution in [0.15, 0.2) is 48.5 Å². The molecular formula is C25H35N3O4S. The summed E-state index contributed by atoms with van der Waals surface area (Å²) in [7, 11) is -3.72. The van der Waals surface area contributed by atoms with Crippen LogP contribution in [0.3, 0.4) is 0 Å². The van der Waals surface area contributed by atoms with Gasteiger partial charge in [0, 0.05) is 13.1 Å². The van der Waals surface area contributed by atoms with E-state index in [9.17, 15) is 18.0 Å². The Morgan fingerprint density at radius 3 is 2.21 bits per heavy atom. The minimum atomic E-state index is -3.72. The van der Waals surface area contributed by atoms with Crippen LogP contribution in [0.4, 0.5) is 5.69 Å². The molecular weight excluding hydrogens is 438 g/mol. The Morgan fingerprint density at radius 1 is 1.00 bits per heavy atom. The molecule has 0 radical (unpaired) electrons. The maximum atomic E-state index is 13.5. The van der Waals surface area contributed by atoms with E-state index in [1.807, 2.05) is 52.0 Å². The highest BCUT2D eigenvalue weighted by Crippen LogP contribution is 2.20. The first-order valence-corrected chi connectivity index (χ1v) is 13.1. The molecule has 0 fully saturated rings. The van der Waals surface area contributed by atoms with Crippen LogP contribution in [-0.2, 0) is 26.2 Å². The monoisotopic (exact) mass is 473 g/mol. The first-order chi connectivity index (χ1) is 15.6. The van der Waals surface area contributed by atoms with Gasteiger partial charge in [-0.3, -0.25) is 13.9 Å². The third kappa shape index (κ3) is 7.60. The van der Waals surface area contributed by atoms with Crippen molar-refractivity contribution in [3.63, 3.8) is 0 Å². The average molecular weight is 474 g/mol. The maximum absolute atomic E-state index is 13.5. The van der Waals surface area contributed by atoms with Crippen molar-refractivity contribution >= 4 is 27.5 Å². The van der Waals surface area contributed by atoms with Gasteiger partial charge in [0.15, 0.2) is 0 Å². The summed E-state index contributed by atoms with van der Waals surface area (Å²) in [4.78, 5) is 27.9. The Kier molecular flexibility index (Phi) is 9.46. The number of sulfonamides is 1. The number of nitrogens with one attached hydrogen (secondary N) is 1. The summed E-state index contributed by atoms with van der Waals surface area (Å²) in [5.41, 5.74) is 3.32. The normalized spacial score (nSPS) is 12.2. The van der Waals surface area contributed by atoms with Gasteiger partial charge in [0.2, 0.25) is 21.8 Å². The van der Waals surface area contributed by atoms with Gasteiger partial charge in [-0.25, -0.2) is 8.42 Å². The lowest BCUT2D eigenvalue weighted by Gasteiger charge is -2.33. The second-order valence-corrected chi connectivity index (χ2v) is 10.2. The Labute approximate surface area is 197 Å². The van der Waals surface area contributed by atoms with Crippen LogP contribution >= 0.6 is 0 Å². The van der Waals surface area contributed by atoms with Gasteiger partial charge in [0.1, 0.15) is 12.6 Å². The number of carbonyl (C=O) groups is 2. The number of rotatable bonds is 11. The molecule has 2 amide bonds. The van der Waals surface area contributed by atoms with Crippen molar-refractivity contribution in [2.24, 2.45) is 0 Å². The van der Waals surface area contributed by atoms with Gasteiger partial charge in [-0.05, 0) is 44.4 Å².